The fourth-order valence-electron chi connectivity index (χ4n) is 3.01. The van der Waals surface area contributed by atoms with E-state index in [1.807, 2.05) is 0 Å². The van der Waals surface area contributed by atoms with E-state index in [1.165, 1.54) is 6.92 Å². The van der Waals surface area contributed by atoms with Gasteiger partial charge in [-0.15, -0.1) is 0 Å². The number of piperidine rings is 1. The van der Waals surface area contributed by atoms with Crippen molar-refractivity contribution in [2.45, 2.75) is 32.8 Å². The van der Waals surface area contributed by atoms with Crippen LogP contribution in [0.3, 0.4) is 0 Å². The molecule has 2 aliphatic rings. The third-order valence-corrected chi connectivity index (χ3v) is 4.54. The van der Waals surface area contributed by atoms with Gasteiger partial charge in [0, 0.05) is 33.1 Å². The third kappa shape index (κ3) is 4.68. The van der Waals surface area contributed by atoms with Gasteiger partial charge in [-0.05, 0) is 31.8 Å². The first-order valence-electron chi connectivity index (χ1n) is 7.89. The molecule has 2 aliphatic heterocycles. The van der Waals surface area contributed by atoms with Crippen molar-refractivity contribution in [2.75, 3.05) is 45.8 Å². The number of hydrogen-bond acceptors (Lipinski definition) is 4. The number of rotatable bonds is 2. The lowest BCUT2D eigenvalue weighted by atomic mass is 9.99. The van der Waals surface area contributed by atoms with Crippen LogP contribution in [0.4, 0.5) is 0 Å². The monoisotopic (exact) mass is 297 g/mol. The van der Waals surface area contributed by atoms with Crippen molar-refractivity contribution in [3.05, 3.63) is 0 Å². The molecule has 0 bridgehead atoms. The smallest absolute Gasteiger partial charge is 0.236 e. The van der Waals surface area contributed by atoms with Crippen LogP contribution in [0.5, 0.6) is 0 Å². The zero-order chi connectivity index (χ0) is 15.4. The Hall–Kier alpha value is -1.14. The van der Waals surface area contributed by atoms with Crippen LogP contribution in [0.2, 0.25) is 0 Å². The first-order valence-corrected chi connectivity index (χ1v) is 7.89. The molecule has 0 aliphatic carbocycles. The molecule has 1 atom stereocenters. The molecule has 6 heteroatoms. The van der Waals surface area contributed by atoms with E-state index in [2.05, 4.69) is 11.8 Å². The number of β-amino-alcohol motifs (C(OH)–C–C–N with tert-alkyl or cyclic N) is 1. The van der Waals surface area contributed by atoms with Gasteiger partial charge < -0.3 is 14.9 Å². The molecule has 6 nitrogen and oxygen atoms in total. The number of carbonyl (C=O) groups is 2. The number of amides is 2. The van der Waals surface area contributed by atoms with Gasteiger partial charge in [0.25, 0.3) is 0 Å². The van der Waals surface area contributed by atoms with Crippen molar-refractivity contribution < 1.29 is 14.7 Å². The highest BCUT2D eigenvalue weighted by molar-refractivity contribution is 5.78. The maximum atomic E-state index is 12.4. The summed E-state index contributed by atoms with van der Waals surface area (Å²) in [5, 5.41) is 9.97. The summed E-state index contributed by atoms with van der Waals surface area (Å²) in [4.78, 5) is 29.3. The lowest BCUT2D eigenvalue weighted by Crippen LogP contribution is -2.45. The van der Waals surface area contributed by atoms with Gasteiger partial charge in [0.2, 0.25) is 11.8 Å². The van der Waals surface area contributed by atoms with Crippen LogP contribution >= 0.6 is 0 Å². The van der Waals surface area contributed by atoms with Crippen LogP contribution < -0.4 is 0 Å². The van der Waals surface area contributed by atoms with Crippen LogP contribution in [-0.2, 0) is 9.59 Å². The molecule has 2 saturated heterocycles. The second kappa shape index (κ2) is 7.22. The lowest BCUT2D eigenvalue weighted by Gasteiger charge is -2.31. The van der Waals surface area contributed by atoms with Gasteiger partial charge in [0.15, 0.2) is 0 Å². The minimum Gasteiger partial charge on any atom is -0.389 e. The standard InChI is InChI=1S/C15H27N3O3/c1-12-3-5-16(6-4-12)11-15(21)18-8-7-17(13(2)19)9-14(20)10-18/h12,14,20H,3-11H2,1-2H3/t14-/m0/s1. The molecule has 2 fully saturated rings. The molecule has 0 aromatic carbocycles. The summed E-state index contributed by atoms with van der Waals surface area (Å²) in [5.41, 5.74) is 0. The van der Waals surface area contributed by atoms with Gasteiger partial charge in [0.05, 0.1) is 12.6 Å². The Morgan fingerprint density at radius 2 is 1.62 bits per heavy atom. The predicted molar refractivity (Wildman–Crippen MR) is 79.7 cm³/mol. The fourth-order valence-corrected chi connectivity index (χ4v) is 3.01. The zero-order valence-corrected chi connectivity index (χ0v) is 13.1. The lowest BCUT2D eigenvalue weighted by molar-refractivity contribution is -0.134. The van der Waals surface area contributed by atoms with E-state index in [9.17, 15) is 14.7 Å². The SMILES string of the molecule is CC(=O)N1CCN(C(=O)CN2CCC(C)CC2)C[C@@H](O)C1. The highest BCUT2D eigenvalue weighted by Gasteiger charge is 2.27. The molecule has 120 valence electrons. The average molecular weight is 297 g/mol. The Bertz CT molecular complexity index is 380. The predicted octanol–water partition coefficient (Wildman–Crippen LogP) is -0.230. The Balaban J connectivity index is 1.85. The van der Waals surface area contributed by atoms with E-state index in [1.54, 1.807) is 9.80 Å². The number of aliphatic hydroxyl groups excluding tert-OH is 1. The molecule has 0 radical (unpaired) electrons. The van der Waals surface area contributed by atoms with E-state index in [0.717, 1.165) is 31.8 Å². The van der Waals surface area contributed by atoms with Gasteiger partial charge in [-0.3, -0.25) is 14.5 Å². The van der Waals surface area contributed by atoms with Crippen LogP contribution in [0, 0.1) is 5.92 Å². The summed E-state index contributed by atoms with van der Waals surface area (Å²) in [6, 6.07) is 0. The number of nitrogens with zero attached hydrogens (tertiary/aromatic N) is 3. The average Bonchev–Trinajstić information content (AvgIpc) is 2.63. The summed E-state index contributed by atoms with van der Waals surface area (Å²) in [5.74, 6) is 0.767. The topological polar surface area (TPSA) is 64.1 Å². The molecule has 2 amide bonds. The van der Waals surface area contributed by atoms with E-state index in [-0.39, 0.29) is 11.8 Å². The first kappa shape index (κ1) is 16.2. The van der Waals surface area contributed by atoms with E-state index < -0.39 is 6.10 Å². The highest BCUT2D eigenvalue weighted by atomic mass is 16.3. The van der Waals surface area contributed by atoms with Crippen molar-refractivity contribution in [2.24, 2.45) is 5.92 Å². The number of aliphatic hydroxyl groups is 1. The summed E-state index contributed by atoms with van der Waals surface area (Å²) < 4.78 is 0. The molecule has 21 heavy (non-hydrogen) atoms. The molecular formula is C15H27N3O3. The molecule has 0 unspecified atom stereocenters. The van der Waals surface area contributed by atoms with Crippen LogP contribution in [0.25, 0.3) is 0 Å². The van der Waals surface area contributed by atoms with Gasteiger partial charge in [-0.2, -0.15) is 0 Å². The Kier molecular flexibility index (Phi) is 5.58. The second-order valence-corrected chi connectivity index (χ2v) is 6.42. The largest absolute Gasteiger partial charge is 0.389 e. The number of likely N-dealkylation sites (tertiary alicyclic amines) is 1. The summed E-state index contributed by atoms with van der Waals surface area (Å²) in [6.45, 7) is 7.80. The molecule has 2 rings (SSSR count). The number of hydrogen-bond donors (Lipinski definition) is 1. The fraction of sp³-hybridized carbons (Fsp3) is 0.867. The molecule has 2 heterocycles. The molecule has 0 spiro atoms. The van der Waals surface area contributed by atoms with Gasteiger partial charge in [0.1, 0.15) is 0 Å². The van der Waals surface area contributed by atoms with E-state index >= 15 is 0 Å². The zero-order valence-electron chi connectivity index (χ0n) is 13.1. The minimum absolute atomic E-state index is 0.0478. The Labute approximate surface area is 126 Å². The third-order valence-electron chi connectivity index (χ3n) is 4.54. The van der Waals surface area contributed by atoms with Crippen LogP contribution in [0.1, 0.15) is 26.7 Å². The highest BCUT2D eigenvalue weighted by Crippen LogP contribution is 2.16. The normalized spacial score (nSPS) is 25.8. The molecular weight excluding hydrogens is 270 g/mol. The second-order valence-electron chi connectivity index (χ2n) is 6.42. The summed E-state index contributed by atoms with van der Waals surface area (Å²) in [7, 11) is 0. The number of carbonyl (C=O) groups excluding carboxylic acids is 2. The van der Waals surface area contributed by atoms with Crippen molar-refractivity contribution in [3.63, 3.8) is 0 Å². The van der Waals surface area contributed by atoms with Crippen LogP contribution in [-0.4, -0.2) is 83.5 Å². The van der Waals surface area contributed by atoms with Crippen molar-refractivity contribution in [3.8, 4) is 0 Å². The summed E-state index contributed by atoms with van der Waals surface area (Å²) >= 11 is 0. The molecule has 0 aromatic rings. The maximum absolute atomic E-state index is 12.4. The summed E-state index contributed by atoms with van der Waals surface area (Å²) in [6.07, 6.45) is 1.64. The van der Waals surface area contributed by atoms with Gasteiger partial charge >= 0.3 is 0 Å². The quantitative estimate of drug-likeness (QED) is 0.765. The molecule has 0 saturated carbocycles. The Morgan fingerprint density at radius 1 is 1.05 bits per heavy atom. The molecule has 1 N–H and O–H groups in total. The minimum atomic E-state index is -0.651. The van der Waals surface area contributed by atoms with E-state index in [0.29, 0.717) is 32.7 Å². The van der Waals surface area contributed by atoms with Crippen molar-refractivity contribution in [1.82, 2.24) is 14.7 Å². The van der Waals surface area contributed by atoms with Crippen molar-refractivity contribution in [1.29, 1.82) is 0 Å². The molecule has 0 aromatic heterocycles. The van der Waals surface area contributed by atoms with Crippen molar-refractivity contribution >= 4 is 11.8 Å². The van der Waals surface area contributed by atoms with Crippen LogP contribution in [0.15, 0.2) is 0 Å². The van der Waals surface area contributed by atoms with Gasteiger partial charge in [-0.25, -0.2) is 0 Å². The maximum Gasteiger partial charge on any atom is 0.236 e. The first-order chi connectivity index (χ1) is 9.95. The van der Waals surface area contributed by atoms with Gasteiger partial charge in [-0.1, -0.05) is 6.92 Å². The van der Waals surface area contributed by atoms with E-state index in [4.69, 9.17) is 0 Å². The Morgan fingerprint density at radius 3 is 2.24 bits per heavy atom.